The van der Waals surface area contributed by atoms with Gasteiger partial charge in [0, 0.05) is 43.4 Å². The zero-order valence-electron chi connectivity index (χ0n) is 18.5. The van der Waals surface area contributed by atoms with Gasteiger partial charge in [-0.2, -0.15) is 10.4 Å². The highest BCUT2D eigenvalue weighted by Gasteiger charge is 2.37. The molecule has 6 nitrogen and oxygen atoms in total. The Kier molecular flexibility index (Phi) is 5.59. The molecule has 0 bridgehead atoms. The van der Waals surface area contributed by atoms with E-state index in [4.69, 9.17) is 10.00 Å². The summed E-state index contributed by atoms with van der Waals surface area (Å²) < 4.78 is 35.0. The van der Waals surface area contributed by atoms with Crippen LogP contribution in [0.1, 0.15) is 47.8 Å². The van der Waals surface area contributed by atoms with Crippen LogP contribution in [0.25, 0.3) is 17.1 Å². The first-order valence-electron chi connectivity index (χ1n) is 11.2. The number of aryl methyl sites for hydroxylation is 2. The van der Waals surface area contributed by atoms with Gasteiger partial charge >= 0.3 is 0 Å². The molecule has 2 aliphatic rings. The molecule has 1 aliphatic heterocycles. The Hall–Kier alpha value is -3.31. The number of nitrogens with zero attached hydrogens (tertiary/aromatic N) is 5. The van der Waals surface area contributed by atoms with Crippen LogP contribution in [0.3, 0.4) is 0 Å². The third-order valence-corrected chi connectivity index (χ3v) is 6.37. The van der Waals surface area contributed by atoms with E-state index in [2.05, 4.69) is 16.2 Å². The second kappa shape index (κ2) is 8.56. The fourth-order valence-electron chi connectivity index (χ4n) is 4.65. The fourth-order valence-corrected chi connectivity index (χ4v) is 4.65. The molecule has 5 rings (SSSR count). The summed E-state index contributed by atoms with van der Waals surface area (Å²) in [6.45, 7) is 2.68. The lowest BCUT2D eigenvalue weighted by Crippen LogP contribution is -2.25. The van der Waals surface area contributed by atoms with Gasteiger partial charge in [-0.25, -0.2) is 13.5 Å². The topological polar surface area (TPSA) is 67.0 Å². The molecule has 1 saturated heterocycles. The number of alkyl halides is 2. The second-order valence-corrected chi connectivity index (χ2v) is 8.87. The second-order valence-electron chi connectivity index (χ2n) is 8.87. The van der Waals surface area contributed by atoms with Gasteiger partial charge in [0.2, 0.25) is 0 Å². The van der Waals surface area contributed by atoms with Crippen molar-refractivity contribution in [1.82, 2.24) is 19.7 Å². The first-order chi connectivity index (χ1) is 15.9. The SMILES string of the molecule is Cc1cc2cnn(C=CCN3CCC(F)(F)C3)c2cc1OC1CCCc2cc(C#N)cnc21. The first-order valence-corrected chi connectivity index (χ1v) is 11.2. The summed E-state index contributed by atoms with van der Waals surface area (Å²) in [5.41, 5.74) is 4.44. The Morgan fingerprint density at radius 1 is 1.30 bits per heavy atom. The van der Waals surface area contributed by atoms with Gasteiger partial charge in [0.05, 0.1) is 29.5 Å². The standard InChI is InChI=1S/C25H25F2N5O/c1-17-10-20-15-30-32(8-3-7-31-9-6-25(26,27)16-31)21(20)12-23(17)33-22-5-2-4-19-11-18(13-28)14-29-24(19)22/h3,8,10-12,14-15,22H,2,4-7,9,16H2,1H3. The Labute approximate surface area is 191 Å². The average Bonchev–Trinajstić information content (AvgIpc) is 3.35. The zero-order valence-corrected chi connectivity index (χ0v) is 18.5. The number of pyridine rings is 1. The molecular weight excluding hydrogens is 424 g/mol. The number of fused-ring (bicyclic) bond motifs is 2. The minimum Gasteiger partial charge on any atom is -0.484 e. The third-order valence-electron chi connectivity index (χ3n) is 6.37. The Morgan fingerprint density at radius 2 is 2.18 bits per heavy atom. The monoisotopic (exact) mass is 449 g/mol. The van der Waals surface area contributed by atoms with Crippen LogP contribution in [0, 0.1) is 18.3 Å². The van der Waals surface area contributed by atoms with Gasteiger partial charge in [-0.15, -0.1) is 0 Å². The molecule has 0 saturated carbocycles. The van der Waals surface area contributed by atoms with Crippen LogP contribution in [0.5, 0.6) is 5.75 Å². The molecule has 3 aromatic rings. The van der Waals surface area contributed by atoms with E-state index in [-0.39, 0.29) is 19.1 Å². The number of nitriles is 1. The summed E-state index contributed by atoms with van der Waals surface area (Å²) in [6.07, 6.45) is 9.57. The zero-order chi connectivity index (χ0) is 23.0. The molecule has 1 fully saturated rings. The highest BCUT2D eigenvalue weighted by atomic mass is 19.3. The van der Waals surface area contributed by atoms with Crippen molar-refractivity contribution in [3.8, 4) is 11.8 Å². The quantitative estimate of drug-likeness (QED) is 0.555. The van der Waals surface area contributed by atoms with Crippen molar-refractivity contribution >= 4 is 17.1 Å². The molecule has 8 heteroatoms. The molecule has 0 N–H and O–H groups in total. The number of hydrogen-bond donors (Lipinski definition) is 0. The summed E-state index contributed by atoms with van der Waals surface area (Å²) in [4.78, 5) is 6.26. The fraction of sp³-hybridized carbons (Fsp3) is 0.400. The lowest BCUT2D eigenvalue weighted by Gasteiger charge is -2.26. The number of halogens is 2. The van der Waals surface area contributed by atoms with Gasteiger partial charge in [0.25, 0.3) is 5.92 Å². The number of benzene rings is 1. The molecule has 1 aliphatic carbocycles. The number of rotatable bonds is 5. The predicted molar refractivity (Wildman–Crippen MR) is 121 cm³/mol. The third kappa shape index (κ3) is 4.46. The van der Waals surface area contributed by atoms with Crippen molar-refractivity contribution in [1.29, 1.82) is 5.26 Å². The number of likely N-dealkylation sites (tertiary alicyclic amines) is 1. The largest absolute Gasteiger partial charge is 0.484 e. The minimum absolute atomic E-state index is 0.0809. The van der Waals surface area contributed by atoms with Crippen LogP contribution >= 0.6 is 0 Å². The smallest absolute Gasteiger partial charge is 0.261 e. The van der Waals surface area contributed by atoms with E-state index in [9.17, 15) is 8.78 Å². The molecule has 0 spiro atoms. The van der Waals surface area contributed by atoms with Crippen LogP contribution in [0.15, 0.2) is 36.7 Å². The lowest BCUT2D eigenvalue weighted by atomic mass is 9.92. The number of ether oxygens (including phenoxy) is 1. The summed E-state index contributed by atoms with van der Waals surface area (Å²) in [7, 11) is 0. The van der Waals surface area contributed by atoms with Crippen LogP contribution in [0.2, 0.25) is 0 Å². The maximum Gasteiger partial charge on any atom is 0.261 e. The Bertz CT molecular complexity index is 1260. The van der Waals surface area contributed by atoms with E-state index in [1.165, 1.54) is 0 Å². The van der Waals surface area contributed by atoms with Gasteiger partial charge in [0.15, 0.2) is 0 Å². The lowest BCUT2D eigenvalue weighted by molar-refractivity contribution is 0.0133. The van der Waals surface area contributed by atoms with E-state index in [1.54, 1.807) is 22.0 Å². The van der Waals surface area contributed by atoms with Crippen molar-refractivity contribution in [2.75, 3.05) is 19.6 Å². The Balaban J connectivity index is 1.36. The van der Waals surface area contributed by atoms with Crippen LogP contribution < -0.4 is 4.74 Å². The van der Waals surface area contributed by atoms with Gasteiger partial charge in [0.1, 0.15) is 17.9 Å². The van der Waals surface area contributed by atoms with Gasteiger partial charge in [-0.3, -0.25) is 9.88 Å². The molecule has 170 valence electrons. The number of aromatic nitrogens is 3. The summed E-state index contributed by atoms with van der Waals surface area (Å²) in [5.74, 6) is -1.82. The molecule has 1 aromatic carbocycles. The van der Waals surface area contributed by atoms with Crippen molar-refractivity contribution in [3.05, 3.63) is 59.1 Å². The molecule has 1 atom stereocenters. The predicted octanol–water partition coefficient (Wildman–Crippen LogP) is 4.88. The van der Waals surface area contributed by atoms with E-state index in [0.717, 1.165) is 52.7 Å². The molecule has 33 heavy (non-hydrogen) atoms. The van der Waals surface area contributed by atoms with Crippen molar-refractivity contribution in [2.24, 2.45) is 0 Å². The molecular formula is C25H25F2N5O. The molecule has 2 aromatic heterocycles. The van der Waals surface area contributed by atoms with Gasteiger partial charge in [-0.05, 0) is 49.4 Å². The number of hydrogen-bond acceptors (Lipinski definition) is 5. The molecule has 0 radical (unpaired) electrons. The average molecular weight is 450 g/mol. The van der Waals surface area contributed by atoms with Gasteiger partial charge in [-0.1, -0.05) is 6.08 Å². The normalized spacial score (nSPS) is 20.2. The molecule has 0 amide bonds. The van der Waals surface area contributed by atoms with E-state index in [1.807, 2.05) is 37.4 Å². The van der Waals surface area contributed by atoms with Crippen molar-refractivity contribution in [2.45, 2.75) is 44.6 Å². The maximum absolute atomic E-state index is 13.4. The highest BCUT2D eigenvalue weighted by molar-refractivity contribution is 5.83. The van der Waals surface area contributed by atoms with Crippen LogP contribution in [0.4, 0.5) is 8.78 Å². The van der Waals surface area contributed by atoms with Crippen LogP contribution in [-0.4, -0.2) is 45.2 Å². The van der Waals surface area contributed by atoms with E-state index >= 15 is 0 Å². The van der Waals surface area contributed by atoms with E-state index < -0.39 is 5.92 Å². The molecule has 1 unspecified atom stereocenters. The van der Waals surface area contributed by atoms with Gasteiger partial charge < -0.3 is 4.74 Å². The van der Waals surface area contributed by atoms with Crippen molar-refractivity contribution < 1.29 is 13.5 Å². The maximum atomic E-state index is 13.4. The van der Waals surface area contributed by atoms with Crippen LogP contribution in [-0.2, 0) is 6.42 Å². The summed E-state index contributed by atoms with van der Waals surface area (Å²) in [6, 6.07) is 8.08. The highest BCUT2D eigenvalue weighted by Crippen LogP contribution is 2.35. The van der Waals surface area contributed by atoms with Crippen molar-refractivity contribution in [3.63, 3.8) is 0 Å². The summed E-state index contributed by atoms with van der Waals surface area (Å²) in [5, 5.41) is 14.6. The minimum atomic E-state index is -2.58. The Morgan fingerprint density at radius 3 is 2.97 bits per heavy atom. The van der Waals surface area contributed by atoms with E-state index in [0.29, 0.717) is 18.7 Å². The summed E-state index contributed by atoms with van der Waals surface area (Å²) >= 11 is 0. The molecule has 3 heterocycles. The first kappa shape index (κ1) is 21.5.